The van der Waals surface area contributed by atoms with Gasteiger partial charge >= 0.3 is 0 Å². The minimum atomic E-state index is -0.234. The number of aliphatic imine (C=N–C) groups is 2. The van der Waals surface area contributed by atoms with E-state index in [2.05, 4.69) is 38.7 Å². The topological polar surface area (TPSA) is 73.7 Å². The lowest BCUT2D eigenvalue weighted by Gasteiger charge is -2.10. The maximum atomic E-state index is 12.1. The van der Waals surface area contributed by atoms with E-state index in [0.717, 1.165) is 31.6 Å². The van der Waals surface area contributed by atoms with Gasteiger partial charge in [0, 0.05) is 26.2 Å². The minimum Gasteiger partial charge on any atom is -0.363 e. The second-order valence-electron chi connectivity index (χ2n) is 5.54. The lowest BCUT2D eigenvalue weighted by Crippen LogP contribution is -2.19. The van der Waals surface area contributed by atoms with Crippen molar-refractivity contribution in [3.63, 3.8) is 0 Å². The van der Waals surface area contributed by atoms with E-state index in [9.17, 15) is 4.79 Å². The lowest BCUT2D eigenvalue weighted by atomic mass is 10.1. The van der Waals surface area contributed by atoms with Crippen molar-refractivity contribution < 1.29 is 0 Å². The number of H-pyrrole nitrogens is 1. The number of aromatic nitrogens is 2. The Balaban J connectivity index is 2.29. The molecule has 0 radical (unpaired) electrons. The fourth-order valence-corrected chi connectivity index (χ4v) is 2.13. The van der Waals surface area contributed by atoms with Gasteiger partial charge in [-0.05, 0) is 25.7 Å². The van der Waals surface area contributed by atoms with Gasteiger partial charge in [-0.3, -0.25) is 14.8 Å². The summed E-state index contributed by atoms with van der Waals surface area (Å²) < 4.78 is 0. The summed E-state index contributed by atoms with van der Waals surface area (Å²) >= 11 is 0. The van der Waals surface area contributed by atoms with Gasteiger partial charge in [0.15, 0.2) is 0 Å². The highest BCUT2D eigenvalue weighted by Gasteiger charge is 2.15. The van der Waals surface area contributed by atoms with E-state index in [4.69, 9.17) is 0 Å². The summed E-state index contributed by atoms with van der Waals surface area (Å²) in [6.07, 6.45) is 4.81. The molecule has 1 atom stereocenters. The molecule has 6 nitrogen and oxygen atoms in total. The van der Waals surface area contributed by atoms with Crippen LogP contribution in [0.15, 0.2) is 14.8 Å². The number of nitrogens with one attached hydrogen (secondary N) is 1. The molecule has 1 aliphatic heterocycles. The molecule has 0 amide bonds. The standard InChI is InChI=1S/C15H23N5O/c1-5-10(2)9-16-13-11(3)17-15(19-14(13)21)18-12-7-6-8-20(12)4/h9-10H,5-8H2,1-4H3,(H,17,19,21)/b16-9?,18-12+. The molecule has 114 valence electrons. The van der Waals surface area contributed by atoms with Crippen LogP contribution in [0.1, 0.15) is 38.8 Å². The van der Waals surface area contributed by atoms with E-state index in [-0.39, 0.29) is 5.56 Å². The molecule has 2 heterocycles. The molecule has 2 rings (SSSR count). The van der Waals surface area contributed by atoms with Crippen LogP contribution in [0.5, 0.6) is 0 Å². The average Bonchev–Trinajstić information content (AvgIpc) is 2.83. The monoisotopic (exact) mass is 289 g/mol. The smallest absolute Gasteiger partial charge is 0.278 e. The summed E-state index contributed by atoms with van der Waals surface area (Å²) in [5.41, 5.74) is 0.749. The zero-order chi connectivity index (χ0) is 15.4. The number of hydrogen-bond donors (Lipinski definition) is 1. The Morgan fingerprint density at radius 2 is 2.29 bits per heavy atom. The van der Waals surface area contributed by atoms with E-state index >= 15 is 0 Å². The van der Waals surface area contributed by atoms with Crippen molar-refractivity contribution in [3.8, 4) is 0 Å². The van der Waals surface area contributed by atoms with Crippen molar-refractivity contribution >= 4 is 23.7 Å². The number of aromatic amines is 1. The van der Waals surface area contributed by atoms with Crippen molar-refractivity contribution in [2.24, 2.45) is 15.9 Å². The molecule has 0 aliphatic carbocycles. The molecule has 0 bridgehead atoms. The maximum absolute atomic E-state index is 12.1. The highest BCUT2D eigenvalue weighted by atomic mass is 16.1. The molecule has 1 saturated heterocycles. The van der Waals surface area contributed by atoms with Crippen molar-refractivity contribution in [1.82, 2.24) is 14.9 Å². The third kappa shape index (κ3) is 3.77. The zero-order valence-electron chi connectivity index (χ0n) is 13.2. The van der Waals surface area contributed by atoms with E-state index in [1.807, 2.05) is 7.05 Å². The van der Waals surface area contributed by atoms with Gasteiger partial charge < -0.3 is 4.90 Å². The molecular formula is C15H23N5O. The Morgan fingerprint density at radius 3 is 2.86 bits per heavy atom. The summed E-state index contributed by atoms with van der Waals surface area (Å²) in [5, 5.41) is 0. The average molecular weight is 289 g/mol. The van der Waals surface area contributed by atoms with E-state index in [0.29, 0.717) is 23.2 Å². The number of aryl methyl sites for hydroxylation is 1. The van der Waals surface area contributed by atoms with Crippen LogP contribution < -0.4 is 5.56 Å². The number of amidine groups is 1. The van der Waals surface area contributed by atoms with Gasteiger partial charge in [0.2, 0.25) is 5.95 Å². The van der Waals surface area contributed by atoms with Crippen LogP contribution in [-0.2, 0) is 0 Å². The van der Waals surface area contributed by atoms with Gasteiger partial charge in [-0.1, -0.05) is 13.8 Å². The molecule has 0 spiro atoms. The minimum absolute atomic E-state index is 0.234. The Bertz CT molecular complexity index is 617. The van der Waals surface area contributed by atoms with Crippen molar-refractivity contribution in [2.45, 2.75) is 40.0 Å². The molecule has 1 N–H and O–H groups in total. The van der Waals surface area contributed by atoms with Gasteiger partial charge in [0.25, 0.3) is 5.56 Å². The first-order chi connectivity index (χ1) is 10.0. The molecule has 1 fully saturated rings. The van der Waals surface area contributed by atoms with Gasteiger partial charge in [0.1, 0.15) is 11.5 Å². The fourth-order valence-electron chi connectivity index (χ4n) is 2.13. The number of likely N-dealkylation sites (tertiary alicyclic amines) is 1. The highest BCUT2D eigenvalue weighted by molar-refractivity contribution is 5.85. The molecule has 0 saturated carbocycles. The summed E-state index contributed by atoms with van der Waals surface area (Å²) in [7, 11) is 2.00. The van der Waals surface area contributed by atoms with E-state index in [1.54, 1.807) is 13.1 Å². The molecule has 21 heavy (non-hydrogen) atoms. The Labute approximate surface area is 125 Å². The van der Waals surface area contributed by atoms with Gasteiger partial charge in [-0.25, -0.2) is 4.98 Å². The van der Waals surface area contributed by atoms with Crippen molar-refractivity contribution in [3.05, 3.63) is 16.0 Å². The predicted octanol–water partition coefficient (Wildman–Crippen LogP) is 2.58. The second-order valence-corrected chi connectivity index (χ2v) is 5.54. The summed E-state index contributed by atoms with van der Waals surface area (Å²) in [4.78, 5) is 30.0. The Hall–Kier alpha value is -1.98. The fraction of sp³-hybridized carbons (Fsp3) is 0.600. The third-order valence-electron chi connectivity index (χ3n) is 3.73. The van der Waals surface area contributed by atoms with Crippen LogP contribution in [0.2, 0.25) is 0 Å². The van der Waals surface area contributed by atoms with Gasteiger partial charge in [0.05, 0.1) is 5.69 Å². The summed E-state index contributed by atoms with van der Waals surface area (Å²) in [5.74, 6) is 1.67. The Kier molecular flexibility index (Phi) is 4.88. The largest absolute Gasteiger partial charge is 0.363 e. The molecule has 1 aromatic rings. The highest BCUT2D eigenvalue weighted by Crippen LogP contribution is 2.16. The summed E-state index contributed by atoms with van der Waals surface area (Å²) in [6.45, 7) is 6.94. The molecule has 1 aliphatic rings. The number of nitrogens with zero attached hydrogens (tertiary/aromatic N) is 4. The van der Waals surface area contributed by atoms with Gasteiger partial charge in [-0.15, -0.1) is 0 Å². The van der Waals surface area contributed by atoms with Crippen LogP contribution in [0, 0.1) is 12.8 Å². The predicted molar refractivity (Wildman–Crippen MR) is 86.2 cm³/mol. The number of hydrogen-bond acceptors (Lipinski definition) is 4. The second kappa shape index (κ2) is 6.65. The first-order valence-electron chi connectivity index (χ1n) is 7.45. The molecule has 6 heteroatoms. The van der Waals surface area contributed by atoms with Crippen molar-refractivity contribution in [1.29, 1.82) is 0 Å². The van der Waals surface area contributed by atoms with Crippen LogP contribution in [0.25, 0.3) is 0 Å². The van der Waals surface area contributed by atoms with Crippen LogP contribution in [-0.4, -0.2) is 40.5 Å². The molecule has 1 unspecified atom stereocenters. The van der Waals surface area contributed by atoms with Crippen LogP contribution in [0.3, 0.4) is 0 Å². The first-order valence-corrected chi connectivity index (χ1v) is 7.45. The first kappa shape index (κ1) is 15.4. The van der Waals surface area contributed by atoms with E-state index < -0.39 is 0 Å². The van der Waals surface area contributed by atoms with Crippen molar-refractivity contribution in [2.75, 3.05) is 13.6 Å². The quantitative estimate of drug-likeness (QED) is 0.866. The molecule has 1 aromatic heterocycles. The van der Waals surface area contributed by atoms with Crippen LogP contribution in [0.4, 0.5) is 11.6 Å². The molecule has 0 aromatic carbocycles. The normalized spacial score (nSPS) is 18.9. The zero-order valence-corrected chi connectivity index (χ0v) is 13.2. The summed E-state index contributed by atoms with van der Waals surface area (Å²) in [6, 6.07) is 0. The van der Waals surface area contributed by atoms with E-state index in [1.165, 1.54) is 0 Å². The Morgan fingerprint density at radius 1 is 1.52 bits per heavy atom. The lowest BCUT2D eigenvalue weighted by molar-refractivity contribution is 0.549. The van der Waals surface area contributed by atoms with Gasteiger partial charge in [-0.2, -0.15) is 4.99 Å². The van der Waals surface area contributed by atoms with Crippen LogP contribution >= 0.6 is 0 Å². The SMILES string of the molecule is CCC(C)C=Nc1c(C)nc(/N=C2\CCCN2C)[nH]c1=O. The maximum Gasteiger partial charge on any atom is 0.278 e. The third-order valence-corrected chi connectivity index (χ3v) is 3.73. The molecular weight excluding hydrogens is 266 g/mol. The number of rotatable bonds is 4.